The van der Waals surface area contributed by atoms with E-state index in [1.54, 1.807) is 12.1 Å². The molecule has 2 N–H and O–H groups in total. The first-order valence-electron chi connectivity index (χ1n) is 14.1. The number of phenols is 1. The van der Waals surface area contributed by atoms with E-state index in [4.69, 9.17) is 5.21 Å². The van der Waals surface area contributed by atoms with E-state index in [1.165, 1.54) is 41.4 Å². The van der Waals surface area contributed by atoms with E-state index in [0.717, 1.165) is 37.0 Å². The molecule has 0 bridgehead atoms. The maximum Gasteiger partial charge on any atom is 0.317 e. The van der Waals surface area contributed by atoms with Crippen molar-refractivity contribution in [1.82, 2.24) is 9.80 Å². The van der Waals surface area contributed by atoms with Gasteiger partial charge in [0.25, 0.3) is 28.6 Å². The highest BCUT2D eigenvalue weighted by Crippen LogP contribution is 2.38. The fraction of sp³-hybridized carbons (Fsp3) is 0.323. The molecule has 0 spiro atoms. The first kappa shape index (κ1) is 28.6. The minimum atomic E-state index is -0.562. The Morgan fingerprint density at radius 3 is 1.76 bits per heavy atom. The lowest BCUT2D eigenvalue weighted by Crippen LogP contribution is -2.44. The molecule has 0 radical (unpaired) electrons. The molecule has 0 atom stereocenters. The zero-order chi connectivity index (χ0) is 30.0. The summed E-state index contributed by atoms with van der Waals surface area (Å²) in [5, 5.41) is 19.7. The molecule has 0 fully saturated rings. The molecule has 0 saturated heterocycles. The third kappa shape index (κ3) is 5.13. The van der Waals surface area contributed by atoms with Gasteiger partial charge in [0.15, 0.2) is 0 Å². The third-order valence-corrected chi connectivity index (χ3v) is 7.71. The van der Waals surface area contributed by atoms with Crippen molar-refractivity contribution in [2.45, 2.75) is 45.4 Å². The smallest absolute Gasteiger partial charge is 0.317 e. The van der Waals surface area contributed by atoms with Gasteiger partial charge in [-0.05, 0) is 36.8 Å². The van der Waals surface area contributed by atoms with Crippen molar-refractivity contribution in [1.29, 1.82) is 0 Å². The van der Waals surface area contributed by atoms with E-state index in [-0.39, 0.29) is 46.1 Å². The number of imide groups is 2. The van der Waals surface area contributed by atoms with Crippen molar-refractivity contribution < 1.29 is 34.4 Å². The summed E-state index contributed by atoms with van der Waals surface area (Å²) in [5.41, 5.74) is 1.12. The van der Waals surface area contributed by atoms with Gasteiger partial charge in [0, 0.05) is 70.0 Å². The fourth-order valence-electron chi connectivity index (χ4n) is 5.52. The number of benzene rings is 3. The lowest BCUT2D eigenvalue weighted by molar-refractivity contribution is -0.729. The Kier molecular flexibility index (Phi) is 8.10. The summed E-state index contributed by atoms with van der Waals surface area (Å²) >= 11 is 0. The number of rotatable bonds is 12. The van der Waals surface area contributed by atoms with Gasteiger partial charge in [-0.25, -0.2) is 5.21 Å². The highest BCUT2D eigenvalue weighted by Gasteiger charge is 2.39. The summed E-state index contributed by atoms with van der Waals surface area (Å²) in [4.78, 5) is 70.8. The second kappa shape index (κ2) is 11.9. The quantitative estimate of drug-likeness (QED) is 0.134. The Hall–Kier alpha value is -4.93. The molecule has 4 amide bonds. The number of amides is 4. The van der Waals surface area contributed by atoms with E-state index >= 15 is 0 Å². The van der Waals surface area contributed by atoms with Gasteiger partial charge in [-0.1, -0.05) is 39.0 Å². The average Bonchev–Trinajstić information content (AvgIpc) is 2.98. The van der Waals surface area contributed by atoms with E-state index in [0.29, 0.717) is 34.9 Å². The molecule has 2 aliphatic heterocycles. The minimum absolute atomic E-state index is 0.000379. The highest BCUT2D eigenvalue weighted by molar-refractivity contribution is 6.33. The Morgan fingerprint density at radius 2 is 1.24 bits per heavy atom. The van der Waals surface area contributed by atoms with Crippen LogP contribution in [0.1, 0.15) is 92.4 Å². The highest BCUT2D eigenvalue weighted by atomic mass is 16.6. The lowest BCUT2D eigenvalue weighted by Gasteiger charge is -2.31. The molecule has 5 rings (SSSR count). The van der Waals surface area contributed by atoms with Crippen molar-refractivity contribution in [2.75, 3.05) is 19.6 Å². The summed E-state index contributed by atoms with van der Waals surface area (Å²) in [6.45, 7) is 2.39. The Bertz CT molecular complexity index is 1590. The number of aromatic hydroxyl groups is 1. The molecule has 3 aromatic rings. The summed E-state index contributed by atoms with van der Waals surface area (Å²) in [7, 11) is 0. The van der Waals surface area contributed by atoms with Gasteiger partial charge in [0.1, 0.15) is 5.75 Å². The molecular formula is C31H31N4O7+. The Balaban J connectivity index is 1.35. The number of hydrogen-bond donors (Lipinski definition) is 2. The van der Waals surface area contributed by atoms with Crippen LogP contribution in [0, 0.1) is 4.91 Å². The van der Waals surface area contributed by atoms with Crippen LogP contribution < -0.4 is 0 Å². The average molecular weight is 572 g/mol. The fourth-order valence-corrected chi connectivity index (χ4v) is 5.52. The van der Waals surface area contributed by atoms with Crippen LogP contribution in [0.4, 0.5) is 5.69 Å². The van der Waals surface area contributed by atoms with Crippen LogP contribution in [-0.2, 0) is 0 Å². The van der Waals surface area contributed by atoms with Crippen LogP contribution in [-0.4, -0.2) is 74.5 Å². The van der Waals surface area contributed by atoms with Gasteiger partial charge in [-0.2, -0.15) is 0 Å². The zero-order valence-electron chi connectivity index (χ0n) is 23.2. The van der Waals surface area contributed by atoms with Crippen LogP contribution in [0.5, 0.6) is 5.75 Å². The second-order valence-electron chi connectivity index (χ2n) is 10.4. The van der Waals surface area contributed by atoms with Crippen molar-refractivity contribution in [2.24, 2.45) is 4.99 Å². The van der Waals surface area contributed by atoms with E-state index in [9.17, 15) is 29.2 Å². The van der Waals surface area contributed by atoms with Crippen LogP contribution in [0.25, 0.3) is 10.8 Å². The van der Waals surface area contributed by atoms with Gasteiger partial charge >= 0.3 is 5.69 Å². The van der Waals surface area contributed by atoms with Crippen molar-refractivity contribution in [3.05, 3.63) is 75.2 Å². The van der Waals surface area contributed by atoms with E-state index in [1.807, 2.05) is 0 Å². The van der Waals surface area contributed by atoms with Gasteiger partial charge < -0.3 is 5.11 Å². The maximum atomic E-state index is 13.4. The number of carbonyl (C=O) groups excluding carboxylic acids is 4. The van der Waals surface area contributed by atoms with Crippen molar-refractivity contribution in [3.63, 3.8) is 0 Å². The number of phenolic OH excluding ortho intramolecular Hbond substituents is 1. The molecule has 0 aliphatic carbocycles. The van der Waals surface area contributed by atoms with Gasteiger partial charge in [-0.15, -0.1) is 0 Å². The Labute approximate surface area is 241 Å². The Morgan fingerprint density at radius 1 is 0.738 bits per heavy atom. The first-order chi connectivity index (χ1) is 20.2. The molecule has 11 nitrogen and oxygen atoms in total. The zero-order valence-corrected chi connectivity index (χ0v) is 23.2. The third-order valence-electron chi connectivity index (χ3n) is 7.71. The number of aliphatic imine (C=N–C) groups is 1. The number of nitrogens with zero attached hydrogens (tertiary/aromatic N) is 4. The van der Waals surface area contributed by atoms with Gasteiger partial charge in [0.2, 0.25) is 0 Å². The first-order valence-corrected chi connectivity index (χ1v) is 14.1. The summed E-state index contributed by atoms with van der Waals surface area (Å²) in [6, 6.07) is 9.85. The summed E-state index contributed by atoms with van der Waals surface area (Å²) < 4.78 is 0. The standard InChI is InChI=1S/C31H30N4O7/c1-2-3-4-5-6-7-15-33-28(37)21-9-11-23-27-24(12-10-22(26(21)27)29(33)38)31(40)34(30(23)39)16-14-32-18-19-17-20(35(41)42)8-13-25(19)36/h8-13,17-18H,2-7,14-16H2,1H3,(H-,32,36,41,42)/p+1. The number of unbranched alkanes of at least 4 members (excludes halogenated alkanes) is 5. The number of hydrogen-bond acceptors (Lipinski definition) is 7. The van der Waals surface area contributed by atoms with Crippen molar-refractivity contribution in [3.8, 4) is 5.75 Å². The molecular weight excluding hydrogens is 540 g/mol. The van der Waals surface area contributed by atoms with Crippen LogP contribution >= 0.6 is 0 Å². The van der Waals surface area contributed by atoms with E-state index < -0.39 is 23.6 Å². The topological polar surface area (TPSA) is 148 Å². The second-order valence-corrected chi connectivity index (χ2v) is 10.4. The minimum Gasteiger partial charge on any atom is -0.507 e. The molecule has 2 heterocycles. The molecule has 3 aromatic carbocycles. The van der Waals surface area contributed by atoms with Crippen molar-refractivity contribution >= 4 is 46.3 Å². The van der Waals surface area contributed by atoms with Gasteiger partial charge in [-0.3, -0.25) is 34.0 Å². The predicted molar refractivity (Wildman–Crippen MR) is 154 cm³/mol. The molecule has 0 saturated carbocycles. The molecule has 42 heavy (non-hydrogen) atoms. The predicted octanol–water partition coefficient (Wildman–Crippen LogP) is 5.02. The molecule has 2 aliphatic rings. The molecule has 216 valence electrons. The normalized spacial score (nSPS) is 14.5. The van der Waals surface area contributed by atoms with Crippen LogP contribution in [0.2, 0.25) is 0 Å². The molecule has 0 unspecified atom stereocenters. The summed E-state index contributed by atoms with van der Waals surface area (Å²) in [6.07, 6.45) is 7.39. The lowest BCUT2D eigenvalue weighted by atomic mass is 9.86. The largest absolute Gasteiger partial charge is 0.507 e. The van der Waals surface area contributed by atoms with Crippen LogP contribution in [0.3, 0.4) is 0 Å². The monoisotopic (exact) mass is 571 g/mol. The van der Waals surface area contributed by atoms with E-state index in [2.05, 4.69) is 11.9 Å². The van der Waals surface area contributed by atoms with Gasteiger partial charge in [0.05, 0.1) is 11.5 Å². The SMILES string of the molecule is CCCCCCCCN1C(=O)c2ccc3c4c(ccc(c24)C1=O)C(=O)N(CCN=Cc1cc([N+](=O)O)ccc1O)C3=O. The van der Waals surface area contributed by atoms with Crippen LogP contribution in [0.15, 0.2) is 47.5 Å². The molecule has 0 aromatic heterocycles. The maximum absolute atomic E-state index is 13.4. The number of carbonyl (C=O) groups is 4. The molecule has 11 heteroatoms. The summed E-state index contributed by atoms with van der Waals surface area (Å²) in [5.74, 6) is -2.14.